The van der Waals surface area contributed by atoms with Crippen molar-refractivity contribution in [3.8, 4) is 22.3 Å². The normalized spacial score (nSPS) is 11.3. The van der Waals surface area contributed by atoms with Crippen LogP contribution in [-0.4, -0.2) is 0 Å². The van der Waals surface area contributed by atoms with Crippen molar-refractivity contribution in [2.75, 3.05) is 4.90 Å². The van der Waals surface area contributed by atoms with Crippen LogP contribution in [0, 0.1) is 0 Å². The van der Waals surface area contributed by atoms with Gasteiger partial charge >= 0.3 is 0 Å². The molecule has 0 amide bonds. The lowest BCUT2D eigenvalue weighted by Crippen LogP contribution is -2.11. The molecule has 8 aromatic rings. The topological polar surface area (TPSA) is 16.4 Å². The summed E-state index contributed by atoms with van der Waals surface area (Å²) in [5, 5.41) is 4.69. The van der Waals surface area contributed by atoms with E-state index < -0.39 is 0 Å². The van der Waals surface area contributed by atoms with Crippen LogP contribution in [0.3, 0.4) is 0 Å². The van der Waals surface area contributed by atoms with Gasteiger partial charge < -0.3 is 9.32 Å². The highest BCUT2D eigenvalue weighted by atomic mass is 16.3. The lowest BCUT2D eigenvalue weighted by atomic mass is 9.98. The molecule has 0 aliphatic carbocycles. The van der Waals surface area contributed by atoms with E-state index in [1.165, 1.54) is 21.9 Å². The number of hydrogen-bond acceptors (Lipinski definition) is 2. The SMILES string of the molecule is c1ccc(-c2ccc(N(c3ccc4ccccc4c3)c3ccccc3-c3cccc4c3oc3ccccc34)cc2)cc1. The summed E-state index contributed by atoms with van der Waals surface area (Å²) in [6.07, 6.45) is 0. The molecule has 0 atom stereocenters. The fraction of sp³-hybridized carbons (Fsp3) is 0. The number of hydrogen-bond donors (Lipinski definition) is 0. The van der Waals surface area contributed by atoms with E-state index in [4.69, 9.17) is 4.42 Å². The Morgan fingerprint density at radius 1 is 0.405 bits per heavy atom. The largest absolute Gasteiger partial charge is 0.455 e. The number of fused-ring (bicyclic) bond motifs is 4. The zero-order chi connectivity index (χ0) is 27.9. The Morgan fingerprint density at radius 3 is 1.93 bits per heavy atom. The highest BCUT2D eigenvalue weighted by molar-refractivity contribution is 6.10. The molecule has 0 saturated carbocycles. The second-order valence-electron chi connectivity index (χ2n) is 10.6. The predicted octanol–water partition coefficient (Wildman–Crippen LogP) is 11.5. The smallest absolute Gasteiger partial charge is 0.143 e. The molecule has 2 heteroatoms. The quantitative estimate of drug-likeness (QED) is 0.217. The van der Waals surface area contributed by atoms with Gasteiger partial charge in [0.1, 0.15) is 11.2 Å². The Hall–Kier alpha value is -5.60. The van der Waals surface area contributed by atoms with Crippen molar-refractivity contribution in [2.45, 2.75) is 0 Å². The van der Waals surface area contributed by atoms with E-state index >= 15 is 0 Å². The molecule has 0 bridgehead atoms. The van der Waals surface area contributed by atoms with Crippen molar-refractivity contribution in [1.29, 1.82) is 0 Å². The van der Waals surface area contributed by atoms with Gasteiger partial charge in [-0.3, -0.25) is 0 Å². The first-order valence-corrected chi connectivity index (χ1v) is 14.3. The Morgan fingerprint density at radius 2 is 1.05 bits per heavy atom. The molecular formula is C40H27NO. The third-order valence-corrected chi connectivity index (χ3v) is 8.06. The van der Waals surface area contributed by atoms with Crippen LogP contribution in [-0.2, 0) is 0 Å². The number of rotatable bonds is 5. The minimum atomic E-state index is 0.903. The summed E-state index contributed by atoms with van der Waals surface area (Å²) in [5.41, 5.74) is 9.68. The maximum Gasteiger partial charge on any atom is 0.143 e. The number of furan rings is 1. The summed E-state index contributed by atoms with van der Waals surface area (Å²) in [5.74, 6) is 0. The Labute approximate surface area is 244 Å². The summed E-state index contributed by atoms with van der Waals surface area (Å²) >= 11 is 0. The van der Waals surface area contributed by atoms with Gasteiger partial charge in [0.2, 0.25) is 0 Å². The van der Waals surface area contributed by atoms with E-state index in [0.29, 0.717) is 0 Å². The van der Waals surface area contributed by atoms with Crippen LogP contribution < -0.4 is 4.90 Å². The molecule has 0 N–H and O–H groups in total. The molecule has 1 heterocycles. The number of benzene rings is 7. The zero-order valence-electron chi connectivity index (χ0n) is 22.9. The molecule has 8 rings (SSSR count). The van der Waals surface area contributed by atoms with Gasteiger partial charge in [0.25, 0.3) is 0 Å². The first-order valence-electron chi connectivity index (χ1n) is 14.3. The number of nitrogens with zero attached hydrogens (tertiary/aromatic N) is 1. The van der Waals surface area contributed by atoms with Crippen LogP contribution >= 0.6 is 0 Å². The van der Waals surface area contributed by atoms with Crippen LogP contribution in [0.2, 0.25) is 0 Å². The minimum Gasteiger partial charge on any atom is -0.455 e. The molecule has 0 unspecified atom stereocenters. The van der Waals surface area contributed by atoms with Gasteiger partial charge in [-0.1, -0.05) is 127 Å². The fourth-order valence-corrected chi connectivity index (χ4v) is 6.03. The van der Waals surface area contributed by atoms with Gasteiger partial charge in [0.05, 0.1) is 5.69 Å². The van der Waals surface area contributed by atoms with Crippen molar-refractivity contribution in [1.82, 2.24) is 0 Å². The molecule has 0 aliphatic rings. The van der Waals surface area contributed by atoms with Gasteiger partial charge in [0.15, 0.2) is 0 Å². The summed E-state index contributed by atoms with van der Waals surface area (Å²) in [7, 11) is 0. The van der Waals surface area contributed by atoms with Crippen LogP contribution in [0.4, 0.5) is 17.1 Å². The van der Waals surface area contributed by atoms with Gasteiger partial charge in [0, 0.05) is 33.3 Å². The summed E-state index contributed by atoms with van der Waals surface area (Å²) in [6.45, 7) is 0. The molecule has 0 fully saturated rings. The zero-order valence-corrected chi connectivity index (χ0v) is 22.9. The highest BCUT2D eigenvalue weighted by Crippen LogP contribution is 2.44. The van der Waals surface area contributed by atoms with Gasteiger partial charge in [-0.25, -0.2) is 0 Å². The maximum absolute atomic E-state index is 6.49. The molecule has 0 radical (unpaired) electrons. The molecule has 0 spiro atoms. The molecule has 1 aromatic heterocycles. The van der Waals surface area contributed by atoms with Gasteiger partial charge in [-0.15, -0.1) is 0 Å². The summed E-state index contributed by atoms with van der Waals surface area (Å²) in [4.78, 5) is 2.36. The van der Waals surface area contributed by atoms with Gasteiger partial charge in [-0.05, 0) is 58.3 Å². The Balaban J connectivity index is 1.34. The molecular weight excluding hydrogens is 510 g/mol. The van der Waals surface area contributed by atoms with Crippen LogP contribution in [0.5, 0.6) is 0 Å². The maximum atomic E-state index is 6.49. The molecule has 2 nitrogen and oxygen atoms in total. The van der Waals surface area contributed by atoms with Crippen molar-refractivity contribution >= 4 is 49.8 Å². The Bertz CT molecular complexity index is 2190. The fourth-order valence-electron chi connectivity index (χ4n) is 6.03. The number of para-hydroxylation sites is 3. The predicted molar refractivity (Wildman–Crippen MR) is 177 cm³/mol. The van der Waals surface area contributed by atoms with Crippen LogP contribution in [0.1, 0.15) is 0 Å². The molecule has 0 aliphatic heterocycles. The van der Waals surface area contributed by atoms with Crippen LogP contribution in [0.15, 0.2) is 168 Å². The average Bonchev–Trinajstić information content (AvgIpc) is 3.45. The highest BCUT2D eigenvalue weighted by Gasteiger charge is 2.20. The van der Waals surface area contributed by atoms with E-state index in [0.717, 1.165) is 50.1 Å². The molecule has 0 saturated heterocycles. The van der Waals surface area contributed by atoms with E-state index in [-0.39, 0.29) is 0 Å². The van der Waals surface area contributed by atoms with Crippen molar-refractivity contribution < 1.29 is 4.42 Å². The van der Waals surface area contributed by atoms with E-state index in [2.05, 4.69) is 157 Å². The molecule has 42 heavy (non-hydrogen) atoms. The van der Waals surface area contributed by atoms with Crippen LogP contribution in [0.25, 0.3) is 55.0 Å². The van der Waals surface area contributed by atoms with Crippen molar-refractivity contribution in [2.24, 2.45) is 0 Å². The lowest BCUT2D eigenvalue weighted by molar-refractivity contribution is 0.670. The minimum absolute atomic E-state index is 0.903. The van der Waals surface area contributed by atoms with Crippen molar-refractivity contribution in [3.05, 3.63) is 164 Å². The third-order valence-electron chi connectivity index (χ3n) is 8.06. The lowest BCUT2D eigenvalue weighted by Gasteiger charge is -2.28. The first-order chi connectivity index (χ1) is 20.8. The van der Waals surface area contributed by atoms with Crippen molar-refractivity contribution in [3.63, 3.8) is 0 Å². The summed E-state index contributed by atoms with van der Waals surface area (Å²) in [6, 6.07) is 57.9. The standard InChI is InChI=1S/C40H27NO/c1-2-11-28(12-3-1)30-21-24-32(25-22-30)41(33-26-23-29-13-4-5-14-31(29)27-33)38-19-8-6-15-34(38)36-17-10-18-37-35-16-7-9-20-39(35)42-40(36)37/h1-27H. The van der Waals surface area contributed by atoms with Gasteiger partial charge in [-0.2, -0.15) is 0 Å². The second-order valence-corrected chi connectivity index (χ2v) is 10.6. The number of anilines is 3. The monoisotopic (exact) mass is 537 g/mol. The van der Waals surface area contributed by atoms with E-state index in [1.807, 2.05) is 12.1 Å². The Kier molecular flexibility index (Phi) is 5.82. The molecule has 7 aromatic carbocycles. The molecule has 198 valence electrons. The van der Waals surface area contributed by atoms with E-state index in [9.17, 15) is 0 Å². The van der Waals surface area contributed by atoms with E-state index in [1.54, 1.807) is 0 Å². The second kappa shape index (κ2) is 10.1. The average molecular weight is 538 g/mol. The summed E-state index contributed by atoms with van der Waals surface area (Å²) < 4.78 is 6.49. The third kappa shape index (κ3) is 4.13. The first kappa shape index (κ1) is 24.2.